The van der Waals surface area contributed by atoms with Crippen molar-refractivity contribution in [3.63, 3.8) is 0 Å². The maximum absolute atomic E-state index is 12.6. The van der Waals surface area contributed by atoms with E-state index in [2.05, 4.69) is 0 Å². The van der Waals surface area contributed by atoms with Gasteiger partial charge in [-0.2, -0.15) is 13.2 Å². The van der Waals surface area contributed by atoms with Gasteiger partial charge in [0.25, 0.3) is 17.5 Å². The maximum atomic E-state index is 12.6. The van der Waals surface area contributed by atoms with Crippen LogP contribution >= 0.6 is 0 Å². The summed E-state index contributed by atoms with van der Waals surface area (Å²) in [6, 6.07) is 9.25. The molecule has 1 aliphatic rings. The Balaban J connectivity index is 1.60. The van der Waals surface area contributed by atoms with Crippen LogP contribution in [0.1, 0.15) is 26.3 Å². The second kappa shape index (κ2) is 7.90. The lowest BCUT2D eigenvalue weighted by Gasteiger charge is -2.35. The van der Waals surface area contributed by atoms with Crippen molar-refractivity contribution in [2.24, 2.45) is 0 Å². The Morgan fingerprint density at radius 1 is 0.793 bits per heavy atom. The molecule has 0 bridgehead atoms. The average molecular weight is 407 g/mol. The van der Waals surface area contributed by atoms with Gasteiger partial charge in [0.1, 0.15) is 0 Å². The molecular formula is C19H16F3N3O4. The van der Waals surface area contributed by atoms with E-state index in [1.54, 1.807) is 0 Å². The Bertz CT molecular complexity index is 919. The minimum atomic E-state index is -4.47. The smallest absolute Gasteiger partial charge is 0.335 e. The van der Waals surface area contributed by atoms with Gasteiger partial charge < -0.3 is 9.80 Å². The fourth-order valence-electron chi connectivity index (χ4n) is 3.01. The number of non-ortho nitro benzene ring substituents is 1. The number of piperazine rings is 1. The van der Waals surface area contributed by atoms with Crippen LogP contribution in [0.2, 0.25) is 0 Å². The van der Waals surface area contributed by atoms with Gasteiger partial charge in [-0.1, -0.05) is 0 Å². The second-order valence-corrected chi connectivity index (χ2v) is 6.46. The molecule has 2 aromatic carbocycles. The molecule has 7 nitrogen and oxygen atoms in total. The summed E-state index contributed by atoms with van der Waals surface area (Å²) in [5, 5.41) is 10.7. The standard InChI is InChI=1S/C19H16F3N3O4/c20-19(21,22)15-5-1-13(2-6-15)17(26)23-9-11-24(12-10-23)18(27)14-3-7-16(8-4-14)25(28)29/h1-8H,9-12H2. The van der Waals surface area contributed by atoms with Crippen LogP contribution in [0.25, 0.3) is 0 Å². The molecule has 0 atom stereocenters. The summed E-state index contributed by atoms with van der Waals surface area (Å²) >= 11 is 0. The number of nitrogens with zero attached hydrogens (tertiary/aromatic N) is 3. The molecule has 0 aliphatic carbocycles. The van der Waals surface area contributed by atoms with Gasteiger partial charge in [0.2, 0.25) is 0 Å². The van der Waals surface area contributed by atoms with Gasteiger partial charge >= 0.3 is 6.18 Å². The first-order valence-electron chi connectivity index (χ1n) is 8.67. The van der Waals surface area contributed by atoms with Gasteiger partial charge in [0, 0.05) is 49.4 Å². The first kappa shape index (κ1) is 20.3. The number of benzene rings is 2. The molecule has 0 saturated carbocycles. The van der Waals surface area contributed by atoms with E-state index >= 15 is 0 Å². The zero-order valence-electron chi connectivity index (χ0n) is 15.1. The number of alkyl halides is 3. The quantitative estimate of drug-likeness (QED) is 0.578. The van der Waals surface area contributed by atoms with Crippen molar-refractivity contribution in [2.45, 2.75) is 6.18 Å². The van der Waals surface area contributed by atoms with Crippen molar-refractivity contribution in [1.82, 2.24) is 9.80 Å². The number of hydrogen-bond donors (Lipinski definition) is 0. The first-order valence-corrected chi connectivity index (χ1v) is 8.67. The molecule has 0 unspecified atom stereocenters. The number of carbonyl (C=O) groups is 2. The second-order valence-electron chi connectivity index (χ2n) is 6.46. The molecule has 2 aromatic rings. The highest BCUT2D eigenvalue weighted by molar-refractivity contribution is 5.96. The highest BCUT2D eigenvalue weighted by atomic mass is 19.4. The molecule has 10 heteroatoms. The predicted octanol–water partition coefficient (Wildman–Crippen LogP) is 3.21. The van der Waals surface area contributed by atoms with E-state index < -0.39 is 22.6 Å². The van der Waals surface area contributed by atoms with E-state index in [-0.39, 0.29) is 43.3 Å². The van der Waals surface area contributed by atoms with Crippen molar-refractivity contribution >= 4 is 17.5 Å². The molecule has 0 N–H and O–H groups in total. The summed E-state index contributed by atoms with van der Waals surface area (Å²) in [6.07, 6.45) is -4.47. The van der Waals surface area contributed by atoms with Gasteiger partial charge in [0.15, 0.2) is 0 Å². The Hall–Kier alpha value is -3.43. The van der Waals surface area contributed by atoms with Gasteiger partial charge in [-0.25, -0.2) is 0 Å². The molecule has 0 aromatic heterocycles. The Kier molecular flexibility index (Phi) is 5.53. The monoisotopic (exact) mass is 407 g/mol. The Morgan fingerprint density at radius 3 is 1.52 bits per heavy atom. The van der Waals surface area contributed by atoms with Crippen LogP contribution in [0.5, 0.6) is 0 Å². The van der Waals surface area contributed by atoms with Crippen LogP contribution in [-0.2, 0) is 6.18 Å². The fourth-order valence-corrected chi connectivity index (χ4v) is 3.01. The van der Waals surface area contributed by atoms with Crippen LogP contribution in [0.3, 0.4) is 0 Å². The maximum Gasteiger partial charge on any atom is 0.416 e. The molecule has 3 rings (SSSR count). The molecule has 1 fully saturated rings. The molecular weight excluding hydrogens is 391 g/mol. The number of halogens is 3. The lowest BCUT2D eigenvalue weighted by Crippen LogP contribution is -2.50. The van der Waals surface area contributed by atoms with E-state index in [4.69, 9.17) is 0 Å². The van der Waals surface area contributed by atoms with Crippen molar-refractivity contribution in [2.75, 3.05) is 26.2 Å². The molecule has 152 valence electrons. The van der Waals surface area contributed by atoms with Crippen molar-refractivity contribution < 1.29 is 27.7 Å². The highest BCUT2D eigenvalue weighted by Crippen LogP contribution is 2.29. The molecule has 0 radical (unpaired) electrons. The van der Waals surface area contributed by atoms with Crippen LogP contribution in [0.15, 0.2) is 48.5 Å². The minimum absolute atomic E-state index is 0.117. The van der Waals surface area contributed by atoms with E-state index in [0.717, 1.165) is 24.3 Å². The fraction of sp³-hybridized carbons (Fsp3) is 0.263. The van der Waals surface area contributed by atoms with E-state index in [1.807, 2.05) is 0 Å². The third-order valence-corrected chi connectivity index (χ3v) is 4.64. The zero-order valence-corrected chi connectivity index (χ0v) is 15.1. The highest BCUT2D eigenvalue weighted by Gasteiger charge is 2.31. The number of hydrogen-bond acceptors (Lipinski definition) is 4. The summed E-state index contributed by atoms with van der Waals surface area (Å²) in [5.41, 5.74) is -0.493. The lowest BCUT2D eigenvalue weighted by atomic mass is 10.1. The number of rotatable bonds is 3. The molecule has 29 heavy (non-hydrogen) atoms. The summed E-state index contributed by atoms with van der Waals surface area (Å²) in [7, 11) is 0. The van der Waals surface area contributed by atoms with Gasteiger partial charge in [-0.3, -0.25) is 19.7 Å². The Labute approximate surface area is 163 Å². The van der Waals surface area contributed by atoms with Crippen LogP contribution < -0.4 is 0 Å². The van der Waals surface area contributed by atoms with E-state index in [0.29, 0.717) is 5.56 Å². The molecule has 2 amide bonds. The largest absolute Gasteiger partial charge is 0.416 e. The number of nitro benzene ring substituents is 1. The third kappa shape index (κ3) is 4.53. The summed E-state index contributed by atoms with van der Waals surface area (Å²) in [4.78, 5) is 38.1. The average Bonchev–Trinajstić information content (AvgIpc) is 2.72. The summed E-state index contributed by atoms with van der Waals surface area (Å²) in [6.45, 7) is 0.974. The predicted molar refractivity (Wildman–Crippen MR) is 96.3 cm³/mol. The van der Waals surface area contributed by atoms with E-state index in [9.17, 15) is 32.9 Å². The number of amides is 2. The number of nitro groups is 1. The number of carbonyl (C=O) groups excluding carboxylic acids is 2. The van der Waals surface area contributed by atoms with Gasteiger partial charge in [-0.15, -0.1) is 0 Å². The van der Waals surface area contributed by atoms with Crippen LogP contribution in [-0.4, -0.2) is 52.7 Å². The van der Waals surface area contributed by atoms with Crippen molar-refractivity contribution in [3.05, 3.63) is 75.3 Å². The molecule has 1 aliphatic heterocycles. The molecule has 0 spiro atoms. The lowest BCUT2D eigenvalue weighted by molar-refractivity contribution is -0.384. The van der Waals surface area contributed by atoms with Gasteiger partial charge in [-0.05, 0) is 36.4 Å². The third-order valence-electron chi connectivity index (χ3n) is 4.64. The summed E-state index contributed by atoms with van der Waals surface area (Å²) < 4.78 is 37.9. The van der Waals surface area contributed by atoms with Crippen LogP contribution in [0.4, 0.5) is 18.9 Å². The molecule has 1 saturated heterocycles. The topological polar surface area (TPSA) is 83.8 Å². The normalized spacial score (nSPS) is 14.6. The zero-order chi connectivity index (χ0) is 21.2. The van der Waals surface area contributed by atoms with E-state index in [1.165, 1.54) is 34.1 Å². The first-order chi connectivity index (χ1) is 13.7. The minimum Gasteiger partial charge on any atom is -0.335 e. The van der Waals surface area contributed by atoms with Crippen molar-refractivity contribution in [3.8, 4) is 0 Å². The Morgan fingerprint density at radius 2 is 1.17 bits per heavy atom. The van der Waals surface area contributed by atoms with Crippen molar-refractivity contribution in [1.29, 1.82) is 0 Å². The SMILES string of the molecule is O=C(c1ccc([N+](=O)[O-])cc1)N1CCN(C(=O)c2ccc(C(F)(F)F)cc2)CC1. The molecule has 1 heterocycles. The summed E-state index contributed by atoms with van der Waals surface area (Å²) in [5.74, 6) is -0.706. The van der Waals surface area contributed by atoms with Crippen LogP contribution in [0, 0.1) is 10.1 Å². The van der Waals surface area contributed by atoms with Gasteiger partial charge in [0.05, 0.1) is 10.5 Å².